The van der Waals surface area contributed by atoms with Crippen LogP contribution in [0, 0.1) is 12.7 Å². The Morgan fingerprint density at radius 2 is 1.71 bits per heavy atom. The number of aryl methyl sites for hydroxylation is 1. The van der Waals surface area contributed by atoms with Crippen LogP contribution in [0.1, 0.15) is 21.5 Å². The number of hydrogen-bond donors (Lipinski definition) is 0. The van der Waals surface area contributed by atoms with E-state index in [1.807, 2.05) is 19.0 Å². The molecule has 0 aliphatic heterocycles. The largest absolute Gasteiger partial charge is 0.379 e. The molecule has 0 aliphatic rings. The predicted octanol–water partition coefficient (Wildman–Crippen LogP) is 4.76. The Labute approximate surface area is 204 Å². The first kappa shape index (κ1) is 25.7. The molecule has 180 valence electrons. The van der Waals surface area contributed by atoms with Gasteiger partial charge in [-0.1, -0.05) is 41.9 Å². The maximum absolute atomic E-state index is 13.7. The Balaban J connectivity index is 1.85. The van der Waals surface area contributed by atoms with Crippen LogP contribution in [0.3, 0.4) is 0 Å². The van der Waals surface area contributed by atoms with Gasteiger partial charge in [-0.3, -0.25) is 4.79 Å². The second kappa shape index (κ2) is 11.0. The molecule has 3 aromatic rings. The molecule has 1 amide bonds. The molecule has 0 N–H and O–H groups in total. The lowest BCUT2D eigenvalue weighted by molar-refractivity contribution is 0.0731. The first-order chi connectivity index (χ1) is 16.1. The van der Waals surface area contributed by atoms with E-state index in [0.29, 0.717) is 24.2 Å². The van der Waals surface area contributed by atoms with Gasteiger partial charge >= 0.3 is 10.1 Å². The maximum atomic E-state index is 13.7. The summed E-state index contributed by atoms with van der Waals surface area (Å²) in [6, 6.07) is 16.8. The molecule has 0 spiro atoms. The maximum Gasteiger partial charge on any atom is 0.340 e. The lowest BCUT2D eigenvalue weighted by Crippen LogP contribution is -2.36. The van der Waals surface area contributed by atoms with Crippen molar-refractivity contribution >= 4 is 27.6 Å². The average molecular weight is 505 g/mol. The molecule has 0 aliphatic carbocycles. The molecule has 0 heterocycles. The van der Waals surface area contributed by atoms with Gasteiger partial charge in [-0.15, -0.1) is 0 Å². The number of likely N-dealkylation sites (N-methyl/N-ethyl adjacent to an activating group) is 1. The van der Waals surface area contributed by atoms with Gasteiger partial charge in [0.15, 0.2) is 0 Å². The van der Waals surface area contributed by atoms with Crippen LogP contribution >= 0.6 is 11.6 Å². The van der Waals surface area contributed by atoms with E-state index in [4.69, 9.17) is 15.8 Å². The first-order valence-electron chi connectivity index (χ1n) is 10.5. The molecular formula is C25H26ClFN2O4S. The van der Waals surface area contributed by atoms with E-state index in [-0.39, 0.29) is 33.7 Å². The second-order valence-electron chi connectivity index (χ2n) is 8.11. The number of benzene rings is 3. The van der Waals surface area contributed by atoms with Crippen molar-refractivity contribution in [3.05, 3.63) is 94.3 Å². The predicted molar refractivity (Wildman–Crippen MR) is 130 cm³/mol. The number of rotatable bonds is 9. The van der Waals surface area contributed by atoms with Gasteiger partial charge in [0.05, 0.1) is 5.02 Å². The molecule has 3 rings (SSSR count). The van der Waals surface area contributed by atoms with Crippen molar-refractivity contribution in [2.75, 3.05) is 27.2 Å². The Bertz CT molecular complexity index is 1260. The van der Waals surface area contributed by atoms with Crippen LogP contribution in [-0.2, 0) is 16.7 Å². The molecule has 0 radical (unpaired) electrons. The lowest BCUT2D eigenvalue weighted by atomic mass is 10.1. The normalized spacial score (nSPS) is 11.5. The molecule has 6 nitrogen and oxygen atoms in total. The van der Waals surface area contributed by atoms with Gasteiger partial charge < -0.3 is 14.0 Å². The minimum Gasteiger partial charge on any atom is -0.379 e. The molecule has 0 unspecified atom stereocenters. The fourth-order valence-corrected chi connectivity index (χ4v) is 5.11. The van der Waals surface area contributed by atoms with Gasteiger partial charge in [0.1, 0.15) is 16.5 Å². The summed E-state index contributed by atoms with van der Waals surface area (Å²) in [5.74, 6) is -0.719. The van der Waals surface area contributed by atoms with Crippen LogP contribution in [0.25, 0.3) is 0 Å². The van der Waals surface area contributed by atoms with E-state index in [1.54, 1.807) is 48.2 Å². The number of halogens is 2. The van der Waals surface area contributed by atoms with E-state index < -0.39 is 15.9 Å². The number of carbonyl (C=O) groups excluding carboxylic acids is 1. The SMILES string of the molecule is Cc1cccc(Cl)c1S(=O)(=O)Oc1cccc(CN(CCN(C)C)C(=O)c2cccc(F)c2)c1. The molecule has 34 heavy (non-hydrogen) atoms. The van der Waals surface area contributed by atoms with E-state index >= 15 is 0 Å². The quantitative estimate of drug-likeness (QED) is 0.393. The van der Waals surface area contributed by atoms with Crippen molar-refractivity contribution in [3.8, 4) is 5.75 Å². The van der Waals surface area contributed by atoms with Crippen LogP contribution in [0.5, 0.6) is 5.75 Å². The highest BCUT2D eigenvalue weighted by Gasteiger charge is 2.23. The Morgan fingerprint density at radius 1 is 1.00 bits per heavy atom. The fourth-order valence-electron chi connectivity index (χ4n) is 3.39. The molecule has 0 aromatic heterocycles. The molecule has 9 heteroatoms. The zero-order valence-corrected chi connectivity index (χ0v) is 20.7. The van der Waals surface area contributed by atoms with Crippen molar-refractivity contribution in [1.29, 1.82) is 0 Å². The molecule has 0 saturated heterocycles. The summed E-state index contributed by atoms with van der Waals surface area (Å²) in [6.45, 7) is 2.81. The summed E-state index contributed by atoms with van der Waals surface area (Å²) in [5.41, 5.74) is 1.37. The number of nitrogens with zero attached hydrogens (tertiary/aromatic N) is 2. The molecule has 0 saturated carbocycles. The van der Waals surface area contributed by atoms with Gasteiger partial charge in [-0.25, -0.2) is 4.39 Å². The lowest BCUT2D eigenvalue weighted by Gasteiger charge is -2.25. The number of carbonyl (C=O) groups is 1. The van der Waals surface area contributed by atoms with Gasteiger partial charge in [-0.05, 0) is 68.5 Å². The molecule has 0 atom stereocenters. The number of amides is 1. The number of hydrogen-bond acceptors (Lipinski definition) is 5. The van der Waals surface area contributed by atoms with Gasteiger partial charge in [0.2, 0.25) is 0 Å². The highest BCUT2D eigenvalue weighted by molar-refractivity contribution is 7.87. The zero-order chi connectivity index (χ0) is 24.9. The van der Waals surface area contributed by atoms with Crippen molar-refractivity contribution in [3.63, 3.8) is 0 Å². The van der Waals surface area contributed by atoms with Crippen LogP contribution in [0.4, 0.5) is 4.39 Å². The Kier molecular flexibility index (Phi) is 8.30. The smallest absolute Gasteiger partial charge is 0.340 e. The topological polar surface area (TPSA) is 66.9 Å². The molecular weight excluding hydrogens is 479 g/mol. The zero-order valence-electron chi connectivity index (χ0n) is 19.2. The highest BCUT2D eigenvalue weighted by Crippen LogP contribution is 2.28. The summed E-state index contributed by atoms with van der Waals surface area (Å²) in [5, 5.41) is 0.0757. The average Bonchev–Trinajstić information content (AvgIpc) is 2.75. The minimum atomic E-state index is -4.17. The van der Waals surface area contributed by atoms with Crippen molar-refractivity contribution < 1.29 is 21.8 Å². The Morgan fingerprint density at radius 3 is 2.38 bits per heavy atom. The van der Waals surface area contributed by atoms with Gasteiger partial charge in [0.25, 0.3) is 5.91 Å². The standard InChI is InChI=1S/C25H26ClFN2O4S/c1-18-7-4-12-23(26)24(18)34(31,32)33-22-11-5-8-19(15-22)17-29(14-13-28(2)3)25(30)20-9-6-10-21(27)16-20/h4-12,15-16H,13-14,17H2,1-3H3. The Hall–Kier alpha value is -2.94. The van der Waals surface area contributed by atoms with Crippen molar-refractivity contribution in [1.82, 2.24) is 9.80 Å². The van der Waals surface area contributed by atoms with E-state index in [0.717, 1.165) is 0 Å². The third-order valence-electron chi connectivity index (χ3n) is 5.07. The highest BCUT2D eigenvalue weighted by atomic mass is 35.5. The molecule has 0 fully saturated rings. The summed E-state index contributed by atoms with van der Waals surface area (Å²) in [6.07, 6.45) is 0. The minimum absolute atomic E-state index is 0.0757. The van der Waals surface area contributed by atoms with Crippen LogP contribution < -0.4 is 4.18 Å². The van der Waals surface area contributed by atoms with Gasteiger partial charge in [-0.2, -0.15) is 8.42 Å². The summed E-state index contributed by atoms with van der Waals surface area (Å²) < 4.78 is 44.8. The summed E-state index contributed by atoms with van der Waals surface area (Å²) in [7, 11) is -0.387. The van der Waals surface area contributed by atoms with Crippen LogP contribution in [0.15, 0.2) is 71.6 Å². The van der Waals surface area contributed by atoms with E-state index in [9.17, 15) is 17.6 Å². The van der Waals surface area contributed by atoms with E-state index in [2.05, 4.69) is 0 Å². The van der Waals surface area contributed by atoms with Gasteiger partial charge in [0, 0.05) is 25.2 Å². The summed E-state index contributed by atoms with van der Waals surface area (Å²) >= 11 is 6.11. The molecule has 3 aromatic carbocycles. The van der Waals surface area contributed by atoms with Crippen LogP contribution in [0.2, 0.25) is 5.02 Å². The fraction of sp³-hybridized carbons (Fsp3) is 0.240. The van der Waals surface area contributed by atoms with E-state index in [1.165, 1.54) is 30.3 Å². The second-order valence-corrected chi connectivity index (χ2v) is 10.0. The third kappa shape index (κ3) is 6.56. The van der Waals surface area contributed by atoms with Crippen molar-refractivity contribution in [2.45, 2.75) is 18.4 Å². The molecule has 0 bridgehead atoms. The monoisotopic (exact) mass is 504 g/mol. The summed E-state index contributed by atoms with van der Waals surface area (Å²) in [4.78, 5) is 16.5. The first-order valence-corrected chi connectivity index (χ1v) is 12.3. The van der Waals surface area contributed by atoms with Crippen LogP contribution in [-0.4, -0.2) is 51.3 Å². The third-order valence-corrected chi connectivity index (χ3v) is 6.95. The van der Waals surface area contributed by atoms with Crippen molar-refractivity contribution in [2.24, 2.45) is 0 Å².